The average Bonchev–Trinajstić information content (AvgIpc) is 3.01. The number of benzene rings is 2. The van der Waals surface area contributed by atoms with Crippen LogP contribution in [-0.4, -0.2) is 30.4 Å². The number of hydrogen-bond donors (Lipinski definition) is 1. The third-order valence-corrected chi connectivity index (χ3v) is 4.38. The van der Waals surface area contributed by atoms with E-state index in [1.54, 1.807) is 49.7 Å². The zero-order valence-corrected chi connectivity index (χ0v) is 16.5. The van der Waals surface area contributed by atoms with Crippen molar-refractivity contribution in [3.8, 4) is 17.2 Å². The van der Waals surface area contributed by atoms with E-state index in [0.29, 0.717) is 11.5 Å². The first-order chi connectivity index (χ1) is 14.0. The minimum atomic E-state index is -0.371. The predicted octanol–water partition coefficient (Wildman–Crippen LogP) is 3.77. The Kier molecular flexibility index (Phi) is 6.29. The van der Waals surface area contributed by atoms with Crippen molar-refractivity contribution >= 4 is 12.1 Å². The van der Waals surface area contributed by atoms with E-state index in [2.05, 4.69) is 10.5 Å². The van der Waals surface area contributed by atoms with Crippen molar-refractivity contribution in [3.05, 3.63) is 77.4 Å². The Balaban J connectivity index is 1.59. The molecule has 0 unspecified atom stereocenters. The van der Waals surface area contributed by atoms with Crippen molar-refractivity contribution < 1.29 is 18.7 Å². The van der Waals surface area contributed by atoms with E-state index < -0.39 is 0 Å². The van der Waals surface area contributed by atoms with Gasteiger partial charge in [-0.2, -0.15) is 5.10 Å². The summed E-state index contributed by atoms with van der Waals surface area (Å²) >= 11 is 0. The highest BCUT2D eigenvalue weighted by atomic mass is 19.1. The number of hydrazone groups is 1. The number of ether oxygens (including phenoxy) is 2. The van der Waals surface area contributed by atoms with Gasteiger partial charge in [0.25, 0.3) is 5.91 Å². The summed E-state index contributed by atoms with van der Waals surface area (Å²) in [6, 6.07) is 15.2. The second-order valence-electron chi connectivity index (χ2n) is 6.40. The molecule has 0 radical (unpaired) electrons. The number of hydrogen-bond acceptors (Lipinski definition) is 4. The number of carbonyl (C=O) groups is 1. The lowest BCUT2D eigenvalue weighted by atomic mass is 10.2. The minimum absolute atomic E-state index is 0.154. The Morgan fingerprint density at radius 3 is 2.41 bits per heavy atom. The van der Waals surface area contributed by atoms with Crippen molar-refractivity contribution in [1.82, 2.24) is 9.99 Å². The van der Waals surface area contributed by atoms with Crippen molar-refractivity contribution in [2.24, 2.45) is 5.10 Å². The Labute approximate surface area is 168 Å². The zero-order chi connectivity index (χ0) is 20.8. The van der Waals surface area contributed by atoms with E-state index in [4.69, 9.17) is 9.47 Å². The fourth-order valence-electron chi connectivity index (χ4n) is 2.93. The van der Waals surface area contributed by atoms with Gasteiger partial charge in [0, 0.05) is 22.6 Å². The molecule has 3 aromatic rings. The largest absolute Gasteiger partial charge is 0.497 e. The lowest BCUT2D eigenvalue weighted by Gasteiger charge is -2.09. The van der Waals surface area contributed by atoms with Gasteiger partial charge in [-0.15, -0.1) is 0 Å². The number of nitrogens with one attached hydrogen (secondary N) is 1. The van der Waals surface area contributed by atoms with Crippen LogP contribution in [0.15, 0.2) is 59.7 Å². The highest BCUT2D eigenvalue weighted by molar-refractivity contribution is 5.84. The molecular formula is C22H22FN3O3. The van der Waals surface area contributed by atoms with Crippen LogP contribution in [0.4, 0.5) is 4.39 Å². The van der Waals surface area contributed by atoms with Gasteiger partial charge in [-0.25, -0.2) is 9.82 Å². The Morgan fingerprint density at radius 1 is 1.10 bits per heavy atom. The fraction of sp³-hybridized carbons (Fsp3) is 0.182. The van der Waals surface area contributed by atoms with E-state index in [1.165, 1.54) is 12.1 Å². The molecular weight excluding hydrogens is 373 g/mol. The molecule has 29 heavy (non-hydrogen) atoms. The van der Waals surface area contributed by atoms with Gasteiger partial charge < -0.3 is 14.0 Å². The SMILES string of the molecule is COc1ccc(OCC(=O)N/N=C/c2cc(C)n(-c3ccc(F)cc3)c2C)cc1. The molecule has 1 heterocycles. The lowest BCUT2D eigenvalue weighted by molar-refractivity contribution is -0.123. The fourth-order valence-corrected chi connectivity index (χ4v) is 2.93. The van der Waals surface area contributed by atoms with Gasteiger partial charge in [-0.1, -0.05) is 0 Å². The molecule has 3 rings (SSSR count). The van der Waals surface area contributed by atoms with Gasteiger partial charge in [0.2, 0.25) is 0 Å². The van der Waals surface area contributed by atoms with Crippen LogP contribution in [-0.2, 0) is 4.79 Å². The van der Waals surface area contributed by atoms with Crippen LogP contribution in [0.3, 0.4) is 0 Å². The maximum Gasteiger partial charge on any atom is 0.277 e. The van der Waals surface area contributed by atoms with Crippen LogP contribution >= 0.6 is 0 Å². The molecule has 0 fully saturated rings. The van der Waals surface area contributed by atoms with Gasteiger partial charge in [0.1, 0.15) is 17.3 Å². The Morgan fingerprint density at radius 2 is 1.76 bits per heavy atom. The van der Waals surface area contributed by atoms with E-state index >= 15 is 0 Å². The van der Waals surface area contributed by atoms with Gasteiger partial charge in [-0.05, 0) is 68.4 Å². The number of halogens is 1. The second-order valence-corrected chi connectivity index (χ2v) is 6.40. The molecule has 0 spiro atoms. The maximum atomic E-state index is 13.2. The molecule has 150 valence electrons. The van der Waals surface area contributed by atoms with Crippen LogP contribution in [0, 0.1) is 19.7 Å². The van der Waals surface area contributed by atoms with Crippen LogP contribution in [0.2, 0.25) is 0 Å². The molecule has 0 aliphatic rings. The van der Waals surface area contributed by atoms with Crippen molar-refractivity contribution in [2.75, 3.05) is 13.7 Å². The molecule has 2 aromatic carbocycles. The molecule has 1 N–H and O–H groups in total. The summed E-state index contributed by atoms with van der Waals surface area (Å²) in [6.07, 6.45) is 1.58. The van der Waals surface area contributed by atoms with Gasteiger partial charge in [-0.3, -0.25) is 4.79 Å². The van der Waals surface area contributed by atoms with Crippen LogP contribution < -0.4 is 14.9 Å². The molecule has 1 amide bonds. The van der Waals surface area contributed by atoms with Crippen molar-refractivity contribution in [1.29, 1.82) is 0 Å². The summed E-state index contributed by atoms with van der Waals surface area (Å²) in [5.41, 5.74) is 6.07. The average molecular weight is 395 g/mol. The monoisotopic (exact) mass is 395 g/mol. The van der Waals surface area contributed by atoms with E-state index in [0.717, 1.165) is 22.6 Å². The summed E-state index contributed by atoms with van der Waals surface area (Å²) in [7, 11) is 1.58. The first-order valence-corrected chi connectivity index (χ1v) is 9.01. The molecule has 0 bridgehead atoms. The summed E-state index contributed by atoms with van der Waals surface area (Å²) in [5, 5.41) is 4.01. The van der Waals surface area contributed by atoms with E-state index in [1.807, 2.05) is 24.5 Å². The number of aromatic nitrogens is 1. The minimum Gasteiger partial charge on any atom is -0.497 e. The Bertz CT molecular complexity index is 1010. The summed E-state index contributed by atoms with van der Waals surface area (Å²) in [4.78, 5) is 11.9. The number of carbonyl (C=O) groups excluding carboxylic acids is 1. The molecule has 0 aliphatic heterocycles. The van der Waals surface area contributed by atoms with Gasteiger partial charge >= 0.3 is 0 Å². The topological polar surface area (TPSA) is 64.8 Å². The van der Waals surface area contributed by atoms with Crippen molar-refractivity contribution in [2.45, 2.75) is 13.8 Å². The summed E-state index contributed by atoms with van der Waals surface area (Å²) in [5.74, 6) is 0.624. The second kappa shape index (κ2) is 9.05. The standard InChI is InChI=1S/C22H22FN3O3/c1-15-12-17(16(2)26(15)19-6-4-18(23)5-7-19)13-24-25-22(27)14-29-21-10-8-20(28-3)9-11-21/h4-13H,14H2,1-3H3,(H,25,27)/b24-13+. The number of nitrogens with zero attached hydrogens (tertiary/aromatic N) is 2. The number of rotatable bonds is 7. The quantitative estimate of drug-likeness (QED) is 0.489. The molecule has 0 atom stereocenters. The lowest BCUT2D eigenvalue weighted by Crippen LogP contribution is -2.24. The molecule has 6 nitrogen and oxygen atoms in total. The highest BCUT2D eigenvalue weighted by Gasteiger charge is 2.10. The number of methoxy groups -OCH3 is 1. The molecule has 1 aromatic heterocycles. The van der Waals surface area contributed by atoms with E-state index in [-0.39, 0.29) is 18.3 Å². The Hall–Kier alpha value is -3.61. The zero-order valence-electron chi connectivity index (χ0n) is 16.5. The third kappa shape index (κ3) is 5.01. The first-order valence-electron chi connectivity index (χ1n) is 9.01. The van der Waals surface area contributed by atoms with Gasteiger partial charge in [0.15, 0.2) is 6.61 Å². The third-order valence-electron chi connectivity index (χ3n) is 4.38. The first kappa shape index (κ1) is 20.1. The predicted molar refractivity (Wildman–Crippen MR) is 109 cm³/mol. The summed E-state index contributed by atoms with van der Waals surface area (Å²) in [6.45, 7) is 3.74. The van der Waals surface area contributed by atoms with Crippen molar-refractivity contribution in [3.63, 3.8) is 0 Å². The highest BCUT2D eigenvalue weighted by Crippen LogP contribution is 2.20. The smallest absolute Gasteiger partial charge is 0.277 e. The normalized spacial score (nSPS) is 10.9. The van der Waals surface area contributed by atoms with E-state index in [9.17, 15) is 9.18 Å². The maximum absolute atomic E-state index is 13.2. The van der Waals surface area contributed by atoms with Crippen LogP contribution in [0.1, 0.15) is 17.0 Å². The molecule has 0 saturated carbocycles. The number of amides is 1. The molecule has 0 aliphatic carbocycles. The number of aryl methyl sites for hydroxylation is 1. The molecule has 7 heteroatoms. The summed E-state index contributed by atoms with van der Waals surface area (Å²) < 4.78 is 25.6. The van der Waals surface area contributed by atoms with Crippen LogP contribution in [0.5, 0.6) is 11.5 Å². The molecule has 0 saturated heterocycles. The van der Waals surface area contributed by atoms with Crippen LogP contribution in [0.25, 0.3) is 5.69 Å². The van der Waals surface area contributed by atoms with Gasteiger partial charge in [0.05, 0.1) is 13.3 Å².